The lowest BCUT2D eigenvalue weighted by Crippen LogP contribution is -2.06. The van der Waals surface area contributed by atoms with Crippen molar-refractivity contribution < 1.29 is 0 Å². The Balaban J connectivity index is 2.06. The van der Waals surface area contributed by atoms with Crippen LogP contribution >= 0.6 is 0 Å². The summed E-state index contributed by atoms with van der Waals surface area (Å²) in [6.07, 6.45) is 0. The topological polar surface area (TPSA) is 40.8 Å². The van der Waals surface area contributed by atoms with E-state index in [1.807, 2.05) is 55.5 Å². The van der Waals surface area contributed by atoms with Crippen molar-refractivity contribution in [2.45, 2.75) is 20.4 Å². The number of para-hydroxylation sites is 1. The Bertz CT molecular complexity index is 840. The average Bonchev–Trinajstić information content (AvgIpc) is 2.81. The number of hydrogen-bond donors (Lipinski definition) is 1. The van der Waals surface area contributed by atoms with Gasteiger partial charge in [-0.1, -0.05) is 48.5 Å². The van der Waals surface area contributed by atoms with Crippen molar-refractivity contribution in [2.75, 3.05) is 5.32 Å². The Morgan fingerprint density at radius 3 is 2.17 bits per heavy atom. The quantitative estimate of drug-likeness (QED) is 0.754. The minimum Gasteiger partial charge on any atom is -0.341 e. The van der Waals surface area contributed by atoms with Gasteiger partial charge in [-0.25, -0.2) is 0 Å². The van der Waals surface area contributed by atoms with E-state index in [9.17, 15) is 5.26 Å². The Hall–Kier alpha value is -2.99. The van der Waals surface area contributed by atoms with Gasteiger partial charge in [-0.15, -0.1) is 0 Å². The molecule has 3 rings (SSSR count). The zero-order chi connectivity index (χ0) is 16.2. The van der Waals surface area contributed by atoms with Crippen molar-refractivity contribution >= 4 is 11.5 Å². The van der Waals surface area contributed by atoms with Crippen LogP contribution in [0.3, 0.4) is 0 Å². The molecule has 2 aromatic carbocycles. The Morgan fingerprint density at radius 2 is 1.57 bits per heavy atom. The van der Waals surface area contributed by atoms with Crippen LogP contribution in [0.5, 0.6) is 0 Å². The fraction of sp³-hybridized carbons (Fsp3) is 0.150. The molecular formula is C20H19N3. The van der Waals surface area contributed by atoms with E-state index in [1.54, 1.807) is 0 Å². The molecule has 0 unspecified atom stereocenters. The fourth-order valence-electron chi connectivity index (χ4n) is 2.75. The molecule has 0 bridgehead atoms. The van der Waals surface area contributed by atoms with Gasteiger partial charge in [0.2, 0.25) is 0 Å². The largest absolute Gasteiger partial charge is 0.341 e. The lowest BCUT2D eigenvalue weighted by molar-refractivity contribution is 0.781. The van der Waals surface area contributed by atoms with Gasteiger partial charge >= 0.3 is 0 Å². The molecule has 114 valence electrons. The molecule has 0 amide bonds. The molecule has 0 aliphatic heterocycles. The summed E-state index contributed by atoms with van der Waals surface area (Å²) in [6.45, 7) is 4.81. The Kier molecular flexibility index (Phi) is 4.16. The van der Waals surface area contributed by atoms with Crippen LogP contribution in [0.25, 0.3) is 0 Å². The van der Waals surface area contributed by atoms with E-state index >= 15 is 0 Å². The molecule has 0 atom stereocenters. The normalized spacial score (nSPS) is 10.3. The van der Waals surface area contributed by atoms with E-state index in [0.29, 0.717) is 5.56 Å². The van der Waals surface area contributed by atoms with Crippen molar-refractivity contribution in [3.05, 3.63) is 83.0 Å². The number of benzene rings is 2. The second-order valence-electron chi connectivity index (χ2n) is 5.61. The van der Waals surface area contributed by atoms with Crippen molar-refractivity contribution in [2.24, 2.45) is 0 Å². The summed E-state index contributed by atoms with van der Waals surface area (Å²) in [7, 11) is 0. The Labute approximate surface area is 136 Å². The van der Waals surface area contributed by atoms with E-state index in [0.717, 1.165) is 29.3 Å². The van der Waals surface area contributed by atoms with Crippen LogP contribution in [0, 0.1) is 25.2 Å². The second-order valence-corrected chi connectivity index (χ2v) is 5.61. The molecule has 1 N–H and O–H groups in total. The molecular weight excluding hydrogens is 282 g/mol. The molecule has 0 radical (unpaired) electrons. The summed E-state index contributed by atoms with van der Waals surface area (Å²) in [5, 5.41) is 13.0. The molecule has 3 heteroatoms. The highest BCUT2D eigenvalue weighted by Crippen LogP contribution is 2.29. The molecule has 0 spiro atoms. The van der Waals surface area contributed by atoms with Gasteiger partial charge in [0.25, 0.3) is 0 Å². The van der Waals surface area contributed by atoms with Crippen LogP contribution in [0.4, 0.5) is 11.5 Å². The third kappa shape index (κ3) is 2.97. The van der Waals surface area contributed by atoms with Crippen molar-refractivity contribution in [3.63, 3.8) is 0 Å². The minimum absolute atomic E-state index is 0.710. The average molecular weight is 301 g/mol. The van der Waals surface area contributed by atoms with E-state index < -0.39 is 0 Å². The van der Waals surface area contributed by atoms with Crippen molar-refractivity contribution in [1.82, 2.24) is 4.57 Å². The second kappa shape index (κ2) is 6.41. The van der Waals surface area contributed by atoms with Gasteiger partial charge in [0.1, 0.15) is 11.9 Å². The molecule has 0 saturated heterocycles. The summed E-state index contributed by atoms with van der Waals surface area (Å²) < 4.78 is 2.18. The van der Waals surface area contributed by atoms with Gasteiger partial charge in [-0.05, 0) is 37.1 Å². The SMILES string of the molecule is Cc1c(C#N)c(Nc2ccccc2)n(Cc2ccccc2)c1C. The first-order valence-corrected chi connectivity index (χ1v) is 7.66. The maximum Gasteiger partial charge on any atom is 0.129 e. The monoisotopic (exact) mass is 301 g/mol. The maximum absolute atomic E-state index is 9.58. The van der Waals surface area contributed by atoms with Gasteiger partial charge in [0.15, 0.2) is 0 Å². The van der Waals surface area contributed by atoms with E-state index in [2.05, 4.69) is 35.0 Å². The first-order valence-electron chi connectivity index (χ1n) is 7.66. The molecule has 3 aromatic rings. The highest BCUT2D eigenvalue weighted by molar-refractivity contribution is 5.67. The van der Waals surface area contributed by atoms with Crippen molar-refractivity contribution in [3.8, 4) is 6.07 Å². The highest BCUT2D eigenvalue weighted by Gasteiger charge is 2.17. The third-order valence-electron chi connectivity index (χ3n) is 4.16. The van der Waals surface area contributed by atoms with E-state index in [-0.39, 0.29) is 0 Å². The van der Waals surface area contributed by atoms with Crippen molar-refractivity contribution in [1.29, 1.82) is 5.26 Å². The van der Waals surface area contributed by atoms with Crippen LogP contribution in [-0.4, -0.2) is 4.57 Å². The van der Waals surface area contributed by atoms with Gasteiger partial charge in [-0.3, -0.25) is 0 Å². The standard InChI is InChI=1S/C20H19N3/c1-15-16(2)23(14-17-9-5-3-6-10-17)20(19(15)13-21)22-18-11-7-4-8-12-18/h3-12,22H,14H2,1-2H3. The number of rotatable bonds is 4. The summed E-state index contributed by atoms with van der Waals surface area (Å²) in [5.41, 5.74) is 5.05. The van der Waals surface area contributed by atoms with E-state index in [1.165, 1.54) is 5.56 Å². The van der Waals surface area contributed by atoms with Gasteiger partial charge in [-0.2, -0.15) is 5.26 Å². The maximum atomic E-state index is 9.58. The van der Waals surface area contributed by atoms with Crippen LogP contribution in [0.15, 0.2) is 60.7 Å². The number of hydrogen-bond acceptors (Lipinski definition) is 2. The van der Waals surface area contributed by atoms with Gasteiger partial charge < -0.3 is 9.88 Å². The minimum atomic E-state index is 0.710. The zero-order valence-electron chi connectivity index (χ0n) is 13.4. The summed E-state index contributed by atoms with van der Waals surface area (Å²) >= 11 is 0. The first-order chi connectivity index (χ1) is 11.2. The van der Waals surface area contributed by atoms with E-state index in [4.69, 9.17) is 0 Å². The predicted molar refractivity (Wildman–Crippen MR) is 93.9 cm³/mol. The fourth-order valence-corrected chi connectivity index (χ4v) is 2.75. The third-order valence-corrected chi connectivity index (χ3v) is 4.16. The summed E-state index contributed by atoms with van der Waals surface area (Å²) in [6, 6.07) is 22.6. The number of nitrogens with zero attached hydrogens (tertiary/aromatic N) is 2. The van der Waals surface area contributed by atoms with Gasteiger partial charge in [0, 0.05) is 17.9 Å². The Morgan fingerprint density at radius 1 is 0.957 bits per heavy atom. The molecule has 0 fully saturated rings. The number of aromatic nitrogens is 1. The number of nitrogens with one attached hydrogen (secondary N) is 1. The molecule has 0 saturated carbocycles. The highest BCUT2D eigenvalue weighted by atomic mass is 15.1. The lowest BCUT2D eigenvalue weighted by atomic mass is 10.2. The first kappa shape index (κ1) is 14.9. The molecule has 0 aliphatic rings. The summed E-state index contributed by atoms with van der Waals surface area (Å²) in [4.78, 5) is 0. The molecule has 1 heterocycles. The molecule has 0 aliphatic carbocycles. The van der Waals surface area contributed by atoms with Crippen LogP contribution in [0.2, 0.25) is 0 Å². The van der Waals surface area contributed by atoms with Crippen LogP contribution < -0.4 is 5.32 Å². The van der Waals surface area contributed by atoms with Gasteiger partial charge in [0.05, 0.1) is 5.56 Å². The van der Waals surface area contributed by atoms with Crippen LogP contribution in [0.1, 0.15) is 22.4 Å². The summed E-state index contributed by atoms with van der Waals surface area (Å²) in [5.74, 6) is 0.859. The number of nitriles is 1. The molecule has 3 nitrogen and oxygen atoms in total. The lowest BCUT2D eigenvalue weighted by Gasteiger charge is -2.14. The molecule has 1 aromatic heterocycles. The smallest absolute Gasteiger partial charge is 0.129 e. The number of anilines is 2. The molecule has 23 heavy (non-hydrogen) atoms. The zero-order valence-corrected chi connectivity index (χ0v) is 13.4. The predicted octanol–water partition coefficient (Wildman–Crippen LogP) is 4.77. The van der Waals surface area contributed by atoms with Crippen LogP contribution in [-0.2, 0) is 6.54 Å².